The molecule has 1 aliphatic heterocycles. The lowest BCUT2D eigenvalue weighted by molar-refractivity contribution is 0.493. The molecular formula is C14H16ClN7S. The number of aryl methyl sites for hydroxylation is 2. The van der Waals surface area contributed by atoms with E-state index in [1.54, 1.807) is 17.5 Å². The van der Waals surface area contributed by atoms with Crippen LogP contribution in [0.25, 0.3) is 0 Å². The molecule has 3 aromatic rings. The lowest BCUT2D eigenvalue weighted by atomic mass is 10.3. The molecule has 1 aliphatic rings. The van der Waals surface area contributed by atoms with Crippen molar-refractivity contribution < 1.29 is 0 Å². The highest BCUT2D eigenvalue weighted by Gasteiger charge is 2.28. The van der Waals surface area contributed by atoms with Crippen molar-refractivity contribution in [3.8, 4) is 0 Å². The lowest BCUT2D eigenvalue weighted by Crippen LogP contribution is -2.25. The summed E-state index contributed by atoms with van der Waals surface area (Å²) in [6.07, 6.45) is 5.50. The van der Waals surface area contributed by atoms with Crippen LogP contribution in [0.3, 0.4) is 0 Å². The predicted molar refractivity (Wildman–Crippen MR) is 88.9 cm³/mol. The molecular weight excluding hydrogens is 334 g/mol. The second-order valence-corrected chi connectivity index (χ2v) is 7.03. The van der Waals surface area contributed by atoms with Gasteiger partial charge in [0.25, 0.3) is 0 Å². The van der Waals surface area contributed by atoms with Crippen molar-refractivity contribution in [2.75, 3.05) is 18.0 Å². The van der Waals surface area contributed by atoms with Crippen LogP contribution >= 0.6 is 22.9 Å². The Kier molecular flexibility index (Phi) is 4.00. The van der Waals surface area contributed by atoms with Gasteiger partial charge in [-0.1, -0.05) is 22.8 Å². The van der Waals surface area contributed by atoms with Gasteiger partial charge in [0.05, 0.1) is 23.8 Å². The zero-order valence-electron chi connectivity index (χ0n) is 12.4. The van der Waals surface area contributed by atoms with Gasteiger partial charge in [-0.25, -0.2) is 4.68 Å². The van der Waals surface area contributed by atoms with E-state index in [4.69, 9.17) is 11.6 Å². The van der Waals surface area contributed by atoms with Crippen LogP contribution in [0, 0.1) is 0 Å². The summed E-state index contributed by atoms with van der Waals surface area (Å²) in [5, 5.41) is 19.3. The third kappa shape index (κ3) is 3.09. The number of thiophene rings is 1. The Bertz CT molecular complexity index is 766. The van der Waals surface area contributed by atoms with Crippen LogP contribution < -0.4 is 4.90 Å². The molecule has 120 valence electrons. The summed E-state index contributed by atoms with van der Waals surface area (Å²) in [5.74, 6) is 0.835. The Labute approximate surface area is 142 Å². The van der Waals surface area contributed by atoms with E-state index in [1.807, 2.05) is 15.6 Å². The van der Waals surface area contributed by atoms with Gasteiger partial charge in [-0.05, 0) is 28.3 Å². The second kappa shape index (κ2) is 6.29. The Balaban J connectivity index is 1.44. The first-order valence-electron chi connectivity index (χ1n) is 7.53. The summed E-state index contributed by atoms with van der Waals surface area (Å²) in [7, 11) is 0. The first-order chi connectivity index (χ1) is 11.3. The third-order valence-electron chi connectivity index (χ3n) is 4.05. The Morgan fingerprint density at radius 3 is 3.13 bits per heavy atom. The molecule has 0 aliphatic carbocycles. The van der Waals surface area contributed by atoms with Crippen LogP contribution in [0.5, 0.6) is 0 Å². The molecule has 0 aromatic carbocycles. The minimum Gasteiger partial charge on any atom is -0.337 e. The first-order valence-corrected chi connectivity index (χ1v) is 8.78. The van der Waals surface area contributed by atoms with Crippen LogP contribution in [0.15, 0.2) is 29.9 Å². The third-order valence-corrected chi connectivity index (χ3v) is 5.18. The zero-order chi connectivity index (χ0) is 15.6. The molecule has 0 radical (unpaired) electrons. The molecule has 4 rings (SSSR count). The van der Waals surface area contributed by atoms with Crippen molar-refractivity contribution in [1.29, 1.82) is 0 Å². The van der Waals surface area contributed by atoms with Gasteiger partial charge in [-0.2, -0.15) is 5.10 Å². The molecule has 0 spiro atoms. The van der Waals surface area contributed by atoms with Crippen LogP contribution in [0.1, 0.15) is 17.3 Å². The number of halogens is 1. The van der Waals surface area contributed by atoms with E-state index >= 15 is 0 Å². The summed E-state index contributed by atoms with van der Waals surface area (Å²) in [6.45, 7) is 2.55. The van der Waals surface area contributed by atoms with E-state index in [2.05, 4.69) is 43.0 Å². The monoisotopic (exact) mass is 349 g/mol. The van der Waals surface area contributed by atoms with Crippen molar-refractivity contribution in [1.82, 2.24) is 30.0 Å². The van der Waals surface area contributed by atoms with Crippen LogP contribution in [0.2, 0.25) is 5.02 Å². The van der Waals surface area contributed by atoms with Gasteiger partial charge < -0.3 is 4.90 Å². The van der Waals surface area contributed by atoms with Gasteiger partial charge in [-0.15, -0.1) is 11.3 Å². The van der Waals surface area contributed by atoms with Crippen LogP contribution in [-0.4, -0.2) is 43.1 Å². The standard InChI is InChI=1S/C14H16ClN7S/c15-11-8-16-22(9-11)12-3-5-20(10-12)14-17-18-19-21(14)6-4-13-2-1-7-23-13/h1-2,7-9,12H,3-6,10H2. The first kappa shape index (κ1) is 14.6. The van der Waals surface area contributed by atoms with Crippen LogP contribution in [0.4, 0.5) is 5.95 Å². The summed E-state index contributed by atoms with van der Waals surface area (Å²) >= 11 is 7.72. The number of tetrazole rings is 1. The number of hydrogen-bond acceptors (Lipinski definition) is 6. The number of hydrogen-bond donors (Lipinski definition) is 0. The molecule has 1 saturated heterocycles. The van der Waals surface area contributed by atoms with E-state index in [0.29, 0.717) is 11.1 Å². The maximum Gasteiger partial charge on any atom is 0.245 e. The van der Waals surface area contributed by atoms with Crippen molar-refractivity contribution in [2.45, 2.75) is 25.4 Å². The van der Waals surface area contributed by atoms with Crippen molar-refractivity contribution in [3.05, 3.63) is 39.8 Å². The van der Waals surface area contributed by atoms with Gasteiger partial charge >= 0.3 is 0 Å². The van der Waals surface area contributed by atoms with Gasteiger partial charge in [0.2, 0.25) is 5.95 Å². The molecule has 1 fully saturated rings. The molecule has 0 saturated carbocycles. The van der Waals surface area contributed by atoms with E-state index in [9.17, 15) is 0 Å². The van der Waals surface area contributed by atoms with Gasteiger partial charge in [0.15, 0.2) is 0 Å². The van der Waals surface area contributed by atoms with E-state index in [0.717, 1.165) is 38.4 Å². The Morgan fingerprint density at radius 1 is 1.39 bits per heavy atom. The molecule has 0 amide bonds. The highest BCUT2D eigenvalue weighted by Crippen LogP contribution is 2.25. The molecule has 0 bridgehead atoms. The van der Waals surface area contributed by atoms with Gasteiger partial charge in [-0.3, -0.25) is 4.68 Å². The van der Waals surface area contributed by atoms with E-state index in [-0.39, 0.29) is 0 Å². The molecule has 3 aromatic heterocycles. The average molecular weight is 350 g/mol. The maximum atomic E-state index is 5.96. The molecule has 4 heterocycles. The maximum absolute atomic E-state index is 5.96. The number of aromatic nitrogens is 6. The molecule has 7 nitrogen and oxygen atoms in total. The van der Waals surface area contributed by atoms with E-state index in [1.165, 1.54) is 4.88 Å². The predicted octanol–water partition coefficient (Wildman–Crippen LogP) is 2.28. The van der Waals surface area contributed by atoms with Crippen molar-refractivity contribution in [2.24, 2.45) is 0 Å². The average Bonchev–Trinajstić information content (AvgIpc) is 3.31. The topological polar surface area (TPSA) is 64.7 Å². The largest absolute Gasteiger partial charge is 0.337 e. The minimum absolute atomic E-state index is 0.310. The molecule has 23 heavy (non-hydrogen) atoms. The normalized spacial score (nSPS) is 18.0. The summed E-state index contributed by atoms with van der Waals surface area (Å²) in [6, 6.07) is 4.52. The van der Waals surface area contributed by atoms with Gasteiger partial charge in [0, 0.05) is 30.6 Å². The van der Waals surface area contributed by atoms with Crippen LogP contribution in [-0.2, 0) is 13.0 Å². The van der Waals surface area contributed by atoms with Crippen molar-refractivity contribution in [3.63, 3.8) is 0 Å². The number of nitrogens with zero attached hydrogens (tertiary/aromatic N) is 7. The van der Waals surface area contributed by atoms with E-state index < -0.39 is 0 Å². The fourth-order valence-corrected chi connectivity index (χ4v) is 3.74. The Hall–Kier alpha value is -1.93. The Morgan fingerprint density at radius 2 is 2.35 bits per heavy atom. The minimum atomic E-state index is 0.310. The summed E-state index contributed by atoms with van der Waals surface area (Å²) < 4.78 is 3.82. The molecule has 9 heteroatoms. The smallest absolute Gasteiger partial charge is 0.245 e. The fraction of sp³-hybridized carbons (Fsp3) is 0.429. The van der Waals surface area contributed by atoms with Crippen molar-refractivity contribution >= 4 is 28.9 Å². The second-order valence-electron chi connectivity index (χ2n) is 5.56. The highest BCUT2D eigenvalue weighted by atomic mass is 35.5. The quantitative estimate of drug-likeness (QED) is 0.707. The van der Waals surface area contributed by atoms with Gasteiger partial charge in [0.1, 0.15) is 0 Å². The SMILES string of the molecule is Clc1cnn(C2CCN(c3nnnn3CCc3cccs3)C2)c1. The summed E-state index contributed by atoms with van der Waals surface area (Å²) in [4.78, 5) is 3.56. The molecule has 1 atom stereocenters. The zero-order valence-corrected chi connectivity index (χ0v) is 14.0. The fourth-order valence-electron chi connectivity index (χ4n) is 2.90. The number of rotatable bonds is 5. The number of anilines is 1. The summed E-state index contributed by atoms with van der Waals surface area (Å²) in [5.41, 5.74) is 0. The lowest BCUT2D eigenvalue weighted by Gasteiger charge is -2.17. The molecule has 0 N–H and O–H groups in total. The highest BCUT2D eigenvalue weighted by molar-refractivity contribution is 7.09. The molecule has 1 unspecified atom stereocenters.